The van der Waals surface area contributed by atoms with Gasteiger partial charge in [-0.25, -0.2) is 0 Å². The molecular formula is C8H8N4S. The second-order valence-electron chi connectivity index (χ2n) is 2.63. The molecule has 0 aliphatic heterocycles. The Hall–Kier alpha value is -1.49. The van der Waals surface area contributed by atoms with Crippen LogP contribution >= 0.6 is 12.2 Å². The molecule has 0 aromatic carbocycles. The zero-order valence-corrected chi connectivity index (χ0v) is 7.88. The molecule has 0 amide bonds. The quantitative estimate of drug-likeness (QED) is 0.697. The highest BCUT2D eigenvalue weighted by molar-refractivity contribution is 7.71. The van der Waals surface area contributed by atoms with Crippen molar-refractivity contribution in [2.75, 3.05) is 0 Å². The van der Waals surface area contributed by atoms with Crippen molar-refractivity contribution < 1.29 is 0 Å². The van der Waals surface area contributed by atoms with Gasteiger partial charge in [0.2, 0.25) is 4.77 Å². The highest BCUT2D eigenvalue weighted by atomic mass is 32.1. The van der Waals surface area contributed by atoms with Crippen molar-refractivity contribution in [1.82, 2.24) is 19.7 Å². The molecule has 0 spiro atoms. The highest BCUT2D eigenvalue weighted by Gasteiger charge is 2.01. The van der Waals surface area contributed by atoms with Crippen molar-refractivity contribution in [3.05, 3.63) is 29.2 Å². The van der Waals surface area contributed by atoms with Gasteiger partial charge in [-0.1, -0.05) is 6.07 Å². The van der Waals surface area contributed by atoms with Crippen LogP contribution in [0.3, 0.4) is 0 Å². The number of hydrogen-bond acceptors (Lipinski definition) is 3. The van der Waals surface area contributed by atoms with Crippen LogP contribution in [0, 0.1) is 4.77 Å². The van der Waals surface area contributed by atoms with Gasteiger partial charge in [0.05, 0.1) is 0 Å². The van der Waals surface area contributed by atoms with Crippen molar-refractivity contribution >= 4 is 12.2 Å². The molecule has 0 atom stereocenters. The third-order valence-electron chi connectivity index (χ3n) is 1.68. The SMILES string of the molecule is Cn1[nH]c(-c2ccccn2)nc1=S. The third-order valence-corrected chi connectivity index (χ3v) is 2.04. The molecule has 0 radical (unpaired) electrons. The lowest BCUT2D eigenvalue weighted by atomic mass is 10.3. The van der Waals surface area contributed by atoms with Crippen LogP contribution in [0.4, 0.5) is 0 Å². The molecule has 13 heavy (non-hydrogen) atoms. The average Bonchev–Trinajstić information content (AvgIpc) is 2.49. The summed E-state index contributed by atoms with van der Waals surface area (Å²) in [6, 6.07) is 5.66. The van der Waals surface area contributed by atoms with Gasteiger partial charge >= 0.3 is 0 Å². The molecule has 0 unspecified atom stereocenters. The van der Waals surface area contributed by atoms with E-state index in [2.05, 4.69) is 15.1 Å². The Morgan fingerprint density at radius 1 is 1.46 bits per heavy atom. The molecule has 0 saturated carbocycles. The first-order chi connectivity index (χ1) is 6.27. The molecule has 2 heterocycles. The first-order valence-electron chi connectivity index (χ1n) is 3.82. The van der Waals surface area contributed by atoms with Crippen LogP contribution < -0.4 is 0 Å². The van der Waals surface area contributed by atoms with Gasteiger partial charge in [0.25, 0.3) is 0 Å². The van der Waals surface area contributed by atoms with Crippen LogP contribution in [0.2, 0.25) is 0 Å². The number of rotatable bonds is 1. The molecule has 0 aliphatic rings. The van der Waals surface area contributed by atoms with Crippen LogP contribution in [-0.2, 0) is 7.05 Å². The number of nitrogens with one attached hydrogen (secondary N) is 1. The minimum Gasteiger partial charge on any atom is -0.278 e. The van der Waals surface area contributed by atoms with E-state index in [1.807, 2.05) is 25.2 Å². The number of aryl methyl sites for hydroxylation is 1. The van der Waals surface area contributed by atoms with E-state index in [1.165, 1.54) is 0 Å². The van der Waals surface area contributed by atoms with Gasteiger partial charge in [0, 0.05) is 13.2 Å². The minimum atomic E-state index is 0.528. The van der Waals surface area contributed by atoms with E-state index >= 15 is 0 Å². The fourth-order valence-corrected chi connectivity index (χ4v) is 1.16. The maximum absolute atomic E-state index is 4.97. The summed E-state index contributed by atoms with van der Waals surface area (Å²) >= 11 is 4.97. The van der Waals surface area contributed by atoms with Crippen molar-refractivity contribution in [1.29, 1.82) is 0 Å². The van der Waals surface area contributed by atoms with E-state index in [1.54, 1.807) is 10.9 Å². The standard InChI is InChI=1S/C8H8N4S/c1-12-8(13)10-7(11-12)6-4-2-3-5-9-6/h2-5H,1H3,(H,10,11,13). The molecule has 2 aromatic heterocycles. The number of aromatic amines is 1. The maximum Gasteiger partial charge on any atom is 0.216 e. The average molecular weight is 192 g/mol. The molecule has 5 heteroatoms. The molecule has 1 N–H and O–H groups in total. The van der Waals surface area contributed by atoms with E-state index in [4.69, 9.17) is 12.2 Å². The summed E-state index contributed by atoms with van der Waals surface area (Å²) in [5.41, 5.74) is 0.800. The van der Waals surface area contributed by atoms with Crippen LogP contribution in [0.25, 0.3) is 11.5 Å². The Bertz CT molecular complexity index is 456. The van der Waals surface area contributed by atoms with Crippen LogP contribution in [0.1, 0.15) is 0 Å². The van der Waals surface area contributed by atoms with Crippen molar-refractivity contribution in [3.8, 4) is 11.5 Å². The number of nitrogens with zero attached hydrogens (tertiary/aromatic N) is 3. The first kappa shape index (κ1) is 8.12. The van der Waals surface area contributed by atoms with E-state index in [0.717, 1.165) is 5.69 Å². The smallest absolute Gasteiger partial charge is 0.216 e. The molecule has 2 aromatic rings. The van der Waals surface area contributed by atoms with Gasteiger partial charge in [-0.3, -0.25) is 14.8 Å². The summed E-state index contributed by atoms with van der Waals surface area (Å²) in [7, 11) is 1.82. The lowest BCUT2D eigenvalue weighted by Crippen LogP contribution is -1.90. The van der Waals surface area contributed by atoms with Gasteiger partial charge in [-0.2, -0.15) is 4.98 Å². The zero-order valence-electron chi connectivity index (χ0n) is 7.06. The van der Waals surface area contributed by atoms with Gasteiger partial charge < -0.3 is 0 Å². The number of hydrogen-bond donors (Lipinski definition) is 1. The Morgan fingerprint density at radius 3 is 2.85 bits per heavy atom. The zero-order chi connectivity index (χ0) is 9.26. The summed E-state index contributed by atoms with van der Waals surface area (Å²) in [5, 5.41) is 3.00. The molecule has 0 fully saturated rings. The summed E-state index contributed by atoms with van der Waals surface area (Å²) in [4.78, 5) is 8.29. The van der Waals surface area contributed by atoms with Crippen LogP contribution in [0.5, 0.6) is 0 Å². The Labute approximate surface area is 80.3 Å². The fraction of sp³-hybridized carbons (Fsp3) is 0.125. The molecule has 0 saturated heterocycles. The molecule has 4 nitrogen and oxygen atoms in total. The molecule has 0 bridgehead atoms. The van der Waals surface area contributed by atoms with Crippen molar-refractivity contribution in [3.63, 3.8) is 0 Å². The Morgan fingerprint density at radius 2 is 2.31 bits per heavy atom. The lowest BCUT2D eigenvalue weighted by Gasteiger charge is -1.92. The monoisotopic (exact) mass is 192 g/mol. The Balaban J connectivity index is 2.54. The molecule has 2 rings (SSSR count). The Kier molecular flexibility index (Phi) is 1.94. The minimum absolute atomic E-state index is 0.528. The van der Waals surface area contributed by atoms with E-state index < -0.39 is 0 Å². The fourth-order valence-electron chi connectivity index (χ4n) is 1.02. The topological polar surface area (TPSA) is 46.5 Å². The predicted octanol–water partition coefficient (Wildman–Crippen LogP) is 1.54. The van der Waals surface area contributed by atoms with Gasteiger partial charge in [-0.15, -0.1) is 0 Å². The lowest BCUT2D eigenvalue weighted by molar-refractivity contribution is 0.755. The van der Waals surface area contributed by atoms with Crippen LogP contribution in [0.15, 0.2) is 24.4 Å². The largest absolute Gasteiger partial charge is 0.278 e. The summed E-state index contributed by atoms with van der Waals surface area (Å²) in [5.74, 6) is 0.702. The normalized spacial score (nSPS) is 10.2. The second-order valence-corrected chi connectivity index (χ2v) is 2.99. The van der Waals surface area contributed by atoms with Crippen LogP contribution in [-0.4, -0.2) is 19.7 Å². The first-order valence-corrected chi connectivity index (χ1v) is 4.22. The number of pyridine rings is 1. The van der Waals surface area contributed by atoms with Crippen molar-refractivity contribution in [2.45, 2.75) is 0 Å². The predicted molar refractivity (Wildman–Crippen MR) is 51.6 cm³/mol. The summed E-state index contributed by atoms with van der Waals surface area (Å²) in [6.45, 7) is 0. The summed E-state index contributed by atoms with van der Waals surface area (Å²) in [6.07, 6.45) is 1.72. The van der Waals surface area contributed by atoms with Gasteiger partial charge in [0.1, 0.15) is 5.69 Å². The van der Waals surface area contributed by atoms with Gasteiger partial charge in [0.15, 0.2) is 5.82 Å². The third kappa shape index (κ3) is 1.50. The van der Waals surface area contributed by atoms with Gasteiger partial charge in [-0.05, 0) is 24.4 Å². The summed E-state index contributed by atoms with van der Waals surface area (Å²) < 4.78 is 2.21. The van der Waals surface area contributed by atoms with E-state index in [0.29, 0.717) is 10.6 Å². The molecule has 66 valence electrons. The molecule has 0 aliphatic carbocycles. The van der Waals surface area contributed by atoms with Crippen molar-refractivity contribution in [2.24, 2.45) is 7.05 Å². The number of H-pyrrole nitrogens is 1. The highest BCUT2D eigenvalue weighted by Crippen LogP contribution is 2.09. The second kappa shape index (κ2) is 3.10. The van der Waals surface area contributed by atoms with E-state index in [9.17, 15) is 0 Å². The van der Waals surface area contributed by atoms with E-state index in [-0.39, 0.29) is 0 Å². The maximum atomic E-state index is 4.97. The number of aromatic nitrogens is 4. The molecular weight excluding hydrogens is 184 g/mol.